The maximum atomic E-state index is 14.4. The molecule has 240 valence electrons. The predicted molar refractivity (Wildman–Crippen MR) is 218 cm³/mol. The van der Waals surface area contributed by atoms with E-state index in [1.807, 2.05) is 24.3 Å². The molecule has 1 heterocycles. The van der Waals surface area contributed by atoms with Crippen LogP contribution in [0.1, 0.15) is 0 Å². The molecule has 0 bridgehead atoms. The molecule has 0 unspecified atom stereocenters. The van der Waals surface area contributed by atoms with Gasteiger partial charge in [-0.05, 0) is 127 Å². The minimum Gasteiger partial charge on any atom is -0.289 e. The van der Waals surface area contributed by atoms with Crippen LogP contribution in [-0.4, -0.2) is 0 Å². The van der Waals surface area contributed by atoms with Gasteiger partial charge in [0.2, 0.25) is 0 Å². The van der Waals surface area contributed by atoms with Crippen LogP contribution >= 0.6 is 11.3 Å². The molecule has 0 spiro atoms. The minimum atomic E-state index is 0.0624. The fourth-order valence-corrected chi connectivity index (χ4v) is 8.03. The summed E-state index contributed by atoms with van der Waals surface area (Å²) in [6.07, 6.45) is 0. The van der Waals surface area contributed by atoms with Crippen molar-refractivity contribution in [3.8, 4) is 66.8 Å². The van der Waals surface area contributed by atoms with Crippen LogP contribution in [0.3, 0.4) is 0 Å². The second kappa shape index (κ2) is 13.2. The van der Waals surface area contributed by atoms with Gasteiger partial charge in [0.1, 0.15) is 0 Å². The fraction of sp³-hybridized carbons (Fsp3) is 0. The highest BCUT2D eigenvalue weighted by atomic mass is 32.1. The summed E-state index contributed by atoms with van der Waals surface area (Å²) in [7, 11) is 0. The highest BCUT2D eigenvalue weighted by Crippen LogP contribution is 2.37. The molecule has 8 aromatic carbocycles. The van der Waals surface area contributed by atoms with Crippen molar-refractivity contribution in [3.63, 3.8) is 0 Å². The van der Waals surface area contributed by atoms with E-state index in [2.05, 4.69) is 170 Å². The third kappa shape index (κ3) is 6.07. The molecule has 51 heavy (non-hydrogen) atoms. The van der Waals surface area contributed by atoms with Crippen molar-refractivity contribution in [2.24, 2.45) is 0 Å². The molecule has 0 saturated heterocycles. The van der Waals surface area contributed by atoms with E-state index in [-0.39, 0.29) is 5.43 Å². The average molecular weight is 669 g/mol. The van der Waals surface area contributed by atoms with Gasteiger partial charge in [-0.2, -0.15) is 0 Å². The molecular weight excluding hydrogens is 637 g/mol. The lowest BCUT2D eigenvalue weighted by atomic mass is 9.92. The van der Waals surface area contributed by atoms with Gasteiger partial charge in [0.05, 0.1) is 0 Å². The number of rotatable bonds is 6. The first-order valence-corrected chi connectivity index (χ1v) is 18.0. The zero-order chi connectivity index (χ0) is 34.1. The summed E-state index contributed by atoms with van der Waals surface area (Å²) in [5.74, 6) is 0. The van der Waals surface area contributed by atoms with Gasteiger partial charge in [0.15, 0.2) is 5.43 Å². The molecule has 0 saturated carbocycles. The molecule has 0 radical (unpaired) electrons. The highest BCUT2D eigenvalue weighted by molar-refractivity contribution is 7.24. The first-order valence-electron chi connectivity index (χ1n) is 17.2. The van der Waals surface area contributed by atoms with Crippen molar-refractivity contribution in [2.75, 3.05) is 0 Å². The summed E-state index contributed by atoms with van der Waals surface area (Å²) in [5.41, 5.74) is 13.5. The molecule has 1 aromatic heterocycles. The van der Waals surface area contributed by atoms with Crippen molar-refractivity contribution < 1.29 is 0 Å². The molecule has 0 N–H and O–H groups in total. The van der Waals surface area contributed by atoms with Crippen LogP contribution in [0.5, 0.6) is 0 Å². The summed E-state index contributed by atoms with van der Waals surface area (Å²) in [6, 6.07) is 68.1. The van der Waals surface area contributed by atoms with Gasteiger partial charge in [-0.15, -0.1) is 11.3 Å². The van der Waals surface area contributed by atoms with Crippen LogP contribution in [-0.2, 0) is 0 Å². The number of hydrogen-bond donors (Lipinski definition) is 0. The van der Waals surface area contributed by atoms with Crippen LogP contribution in [0, 0.1) is 0 Å². The zero-order valence-electron chi connectivity index (χ0n) is 27.8. The normalized spacial score (nSPS) is 11.2. The van der Waals surface area contributed by atoms with Gasteiger partial charge in [-0.1, -0.05) is 133 Å². The number of fused-ring (bicyclic) bond motifs is 2. The summed E-state index contributed by atoms with van der Waals surface area (Å²) >= 11 is 1.67. The lowest BCUT2D eigenvalue weighted by Gasteiger charge is -2.13. The Morgan fingerprint density at radius 1 is 0.255 bits per heavy atom. The molecule has 9 aromatic rings. The minimum absolute atomic E-state index is 0.0624. The lowest BCUT2D eigenvalue weighted by molar-refractivity contribution is 1.57. The van der Waals surface area contributed by atoms with Gasteiger partial charge >= 0.3 is 0 Å². The van der Waals surface area contributed by atoms with Crippen LogP contribution in [0.2, 0.25) is 0 Å². The molecule has 1 nitrogen and oxygen atoms in total. The van der Waals surface area contributed by atoms with E-state index in [4.69, 9.17) is 0 Å². The Morgan fingerprint density at radius 2 is 0.529 bits per heavy atom. The van der Waals surface area contributed by atoms with E-state index in [1.165, 1.54) is 0 Å². The van der Waals surface area contributed by atoms with Gasteiger partial charge in [0, 0.05) is 20.2 Å². The van der Waals surface area contributed by atoms with E-state index < -0.39 is 0 Å². The maximum Gasteiger partial charge on any atom is 0.195 e. The lowest BCUT2D eigenvalue weighted by Crippen LogP contribution is -2.01. The molecule has 0 aliphatic carbocycles. The monoisotopic (exact) mass is 668 g/mol. The molecule has 2 heteroatoms. The van der Waals surface area contributed by atoms with E-state index in [0.717, 1.165) is 86.9 Å². The van der Waals surface area contributed by atoms with Crippen LogP contribution in [0.4, 0.5) is 0 Å². The number of hydrogen-bond acceptors (Lipinski definition) is 2. The second-order valence-corrected chi connectivity index (χ2v) is 14.0. The molecule has 0 aliphatic rings. The second-order valence-electron chi connectivity index (χ2n) is 12.9. The Morgan fingerprint density at radius 3 is 0.824 bits per heavy atom. The van der Waals surface area contributed by atoms with E-state index in [0.29, 0.717) is 0 Å². The smallest absolute Gasteiger partial charge is 0.195 e. The Hall–Kier alpha value is -6.35. The Bertz CT molecular complexity index is 2430. The molecular formula is C49H32OS. The van der Waals surface area contributed by atoms with Crippen molar-refractivity contribution in [3.05, 3.63) is 204 Å². The fourth-order valence-electron chi connectivity index (χ4n) is 6.99. The average Bonchev–Trinajstić information content (AvgIpc) is 3.22. The van der Waals surface area contributed by atoms with Gasteiger partial charge < -0.3 is 0 Å². The Kier molecular flexibility index (Phi) is 7.92. The van der Waals surface area contributed by atoms with Gasteiger partial charge in [0.25, 0.3) is 0 Å². The summed E-state index contributed by atoms with van der Waals surface area (Å²) in [4.78, 5) is 14.4. The third-order valence-electron chi connectivity index (χ3n) is 9.63. The van der Waals surface area contributed by atoms with Gasteiger partial charge in [-0.3, -0.25) is 4.79 Å². The van der Waals surface area contributed by atoms with Crippen LogP contribution in [0.15, 0.2) is 199 Å². The quantitative estimate of drug-likeness (QED) is 0.161. The summed E-state index contributed by atoms with van der Waals surface area (Å²) in [5, 5.41) is 1.49. The third-order valence-corrected chi connectivity index (χ3v) is 10.8. The highest BCUT2D eigenvalue weighted by Gasteiger charge is 2.13. The molecule has 0 atom stereocenters. The first-order chi connectivity index (χ1) is 25.2. The molecule has 0 aliphatic heterocycles. The van der Waals surface area contributed by atoms with Crippen molar-refractivity contribution in [2.45, 2.75) is 0 Å². The van der Waals surface area contributed by atoms with Crippen molar-refractivity contribution in [1.82, 2.24) is 0 Å². The SMILES string of the molecule is O=c1c2cc(-c3cc(-c4ccccc4)cc(-c4ccccc4)c3)ccc2sc2ccc(-c3cc(-c4ccccc4)cc(-c4ccccc4)c3)cc12. The molecule has 9 rings (SSSR count). The maximum absolute atomic E-state index is 14.4. The Labute approximate surface area is 301 Å². The topological polar surface area (TPSA) is 17.1 Å². The molecule has 0 fully saturated rings. The zero-order valence-corrected chi connectivity index (χ0v) is 28.6. The van der Waals surface area contributed by atoms with Crippen LogP contribution < -0.4 is 5.43 Å². The van der Waals surface area contributed by atoms with Crippen molar-refractivity contribution in [1.29, 1.82) is 0 Å². The Balaban J connectivity index is 1.18. The van der Waals surface area contributed by atoms with E-state index in [1.54, 1.807) is 11.3 Å². The van der Waals surface area contributed by atoms with E-state index in [9.17, 15) is 4.79 Å². The standard InChI is InChI=1S/C49H32OS/c50-49-45-31-37(43-27-39(33-13-5-1-6-14-33)25-40(28-43)34-15-7-2-8-16-34)21-23-47(45)51-48-24-22-38(32-46(48)49)44-29-41(35-17-9-3-10-18-35)26-42(30-44)36-19-11-4-12-20-36/h1-32H. The van der Waals surface area contributed by atoms with Crippen molar-refractivity contribution >= 4 is 31.5 Å². The molecule has 0 amide bonds. The summed E-state index contributed by atoms with van der Waals surface area (Å²) < 4.78 is 1.98. The van der Waals surface area contributed by atoms with Crippen LogP contribution in [0.25, 0.3) is 86.9 Å². The number of benzene rings is 8. The summed E-state index contributed by atoms with van der Waals surface area (Å²) in [6.45, 7) is 0. The van der Waals surface area contributed by atoms with Gasteiger partial charge in [-0.25, -0.2) is 0 Å². The predicted octanol–water partition coefficient (Wildman–Crippen LogP) is 13.4. The first kappa shape index (κ1) is 30.7. The largest absolute Gasteiger partial charge is 0.289 e. The van der Waals surface area contributed by atoms with E-state index >= 15 is 0 Å².